The Balaban J connectivity index is 4.59. The molecule has 0 spiro atoms. The van der Waals surface area contributed by atoms with Gasteiger partial charge in [-0.2, -0.15) is 0 Å². The summed E-state index contributed by atoms with van der Waals surface area (Å²) < 4.78 is 47.8. The molecule has 0 aromatic heterocycles. The third-order valence-corrected chi connectivity index (χ3v) is 12.1. The molecule has 4 atom stereocenters. The lowest BCUT2D eigenvalue weighted by Crippen LogP contribution is -2.30. The number of aliphatic hydroxyl groups excluding tert-OH is 2. The number of aliphatic hydroxyl groups is 2. The fraction of sp³-hybridized carbons (Fsp3) is 0.731. The van der Waals surface area contributed by atoms with Gasteiger partial charge >= 0.3 is 27.6 Å². The molecular weight excluding hydrogens is 911 g/mol. The second-order valence-electron chi connectivity index (χ2n) is 17.7. The first-order valence-corrected chi connectivity index (χ1v) is 28.6. The van der Waals surface area contributed by atoms with Crippen molar-refractivity contribution in [3.8, 4) is 0 Å². The topological polar surface area (TPSA) is 216 Å². The van der Waals surface area contributed by atoms with Crippen LogP contribution in [-0.4, -0.2) is 81.6 Å². The van der Waals surface area contributed by atoms with E-state index < -0.39 is 72.3 Å². The van der Waals surface area contributed by atoms with E-state index >= 15 is 0 Å². The zero-order valence-corrected chi connectivity index (χ0v) is 43.8. The summed E-state index contributed by atoms with van der Waals surface area (Å²) in [5.41, 5.74) is 0. The third kappa shape index (κ3) is 49.9. The molecule has 0 amide bonds. The van der Waals surface area contributed by atoms with Crippen LogP contribution in [0.3, 0.4) is 0 Å². The van der Waals surface area contributed by atoms with E-state index in [-0.39, 0.29) is 19.3 Å². The number of esters is 2. The third-order valence-electron chi connectivity index (χ3n) is 10.6. The van der Waals surface area contributed by atoms with Gasteiger partial charge in [-0.15, -0.1) is 0 Å². The van der Waals surface area contributed by atoms with Crippen molar-refractivity contribution in [2.45, 2.75) is 212 Å². The summed E-state index contributed by atoms with van der Waals surface area (Å²) >= 11 is 0. The van der Waals surface area contributed by atoms with Gasteiger partial charge in [0, 0.05) is 12.8 Å². The molecule has 0 aliphatic heterocycles. The smallest absolute Gasteiger partial charge is 0.462 e. The van der Waals surface area contributed by atoms with E-state index in [1.165, 1.54) is 102 Å². The predicted octanol–water partition coefficient (Wildman–Crippen LogP) is 13.0. The van der Waals surface area contributed by atoms with Crippen LogP contribution in [0.2, 0.25) is 0 Å². The molecule has 0 aliphatic carbocycles. The van der Waals surface area contributed by atoms with E-state index in [1.54, 1.807) is 12.2 Å². The normalized spacial score (nSPS) is 15.0. The van der Waals surface area contributed by atoms with Gasteiger partial charge in [0.05, 0.1) is 25.9 Å². The molecule has 68 heavy (non-hydrogen) atoms. The van der Waals surface area contributed by atoms with Crippen LogP contribution in [0.4, 0.5) is 0 Å². The number of ether oxygens (including phenoxy) is 2. The van der Waals surface area contributed by atoms with Crippen LogP contribution in [0.25, 0.3) is 0 Å². The number of hydrogen-bond donors (Lipinski definition) is 5. The van der Waals surface area contributed by atoms with Gasteiger partial charge in [0.1, 0.15) is 12.7 Å². The summed E-state index contributed by atoms with van der Waals surface area (Å²) in [5.74, 6) is -0.485. The van der Waals surface area contributed by atoms with E-state index in [1.807, 2.05) is 12.2 Å². The number of carbonyl (C=O) groups excluding carboxylic acids is 2. The van der Waals surface area contributed by atoms with Gasteiger partial charge in [0.2, 0.25) is 0 Å². The highest BCUT2D eigenvalue weighted by molar-refractivity contribution is 7.47. The molecule has 0 saturated heterocycles. The molecule has 0 heterocycles. The number of unbranched alkanes of at least 4 members (excludes halogenated alkanes) is 17. The number of phosphoric acid groups is 2. The van der Waals surface area contributed by atoms with Crippen molar-refractivity contribution in [2.75, 3.05) is 26.4 Å². The largest absolute Gasteiger partial charge is 0.472 e. The standard InChI is InChI=1S/C52H92O14P2/c1-4-5-6-7-8-9-10-11-12-18-21-24-27-30-33-36-39-48(53)41-42-52(56)66-50(46-65-68(60,61)64-44-49(54)43-63-67(57,58)59)45-62-51(55)40-37-34-31-28-25-22-19-16-14-13-15-17-20-23-26-29-32-35-38-47(2)3/h5-6,8-9,11-12,21,24,30,33,36,39,47-50,53-54H,4,7,10,13-20,22-23,25-29,31-32,34-35,37-38,40-46H2,1-3H3,(H,60,61)(H2,57,58,59)/b6-5-,9-8-,12-11-,24-21-,33-30-,39-36-/t48?,49-,50+/m0/s1. The monoisotopic (exact) mass is 1000 g/mol. The molecule has 16 heteroatoms. The first-order chi connectivity index (χ1) is 32.6. The molecule has 0 aromatic carbocycles. The summed E-state index contributed by atoms with van der Waals surface area (Å²) in [4.78, 5) is 52.9. The van der Waals surface area contributed by atoms with E-state index in [9.17, 15) is 33.8 Å². The van der Waals surface area contributed by atoms with E-state index in [0.29, 0.717) is 6.42 Å². The molecule has 394 valence electrons. The van der Waals surface area contributed by atoms with Crippen LogP contribution in [0.1, 0.15) is 194 Å². The first kappa shape index (κ1) is 65.5. The van der Waals surface area contributed by atoms with Crippen molar-refractivity contribution in [1.82, 2.24) is 0 Å². The molecule has 0 rings (SSSR count). The molecule has 2 unspecified atom stereocenters. The zero-order chi connectivity index (χ0) is 50.4. The summed E-state index contributed by atoms with van der Waals surface area (Å²) in [5, 5.41) is 20.1. The summed E-state index contributed by atoms with van der Waals surface area (Å²) in [6.07, 6.45) is 47.9. The lowest BCUT2D eigenvalue weighted by Gasteiger charge is -2.20. The van der Waals surface area contributed by atoms with Gasteiger partial charge in [-0.05, 0) is 50.9 Å². The Morgan fingerprint density at radius 2 is 0.941 bits per heavy atom. The van der Waals surface area contributed by atoms with Gasteiger partial charge in [-0.25, -0.2) is 9.13 Å². The van der Waals surface area contributed by atoms with Crippen molar-refractivity contribution >= 4 is 27.6 Å². The van der Waals surface area contributed by atoms with Crippen molar-refractivity contribution < 1.29 is 66.7 Å². The van der Waals surface area contributed by atoms with E-state index in [2.05, 4.69) is 72.4 Å². The Labute approximate surface area is 410 Å². The Morgan fingerprint density at radius 1 is 0.500 bits per heavy atom. The van der Waals surface area contributed by atoms with Crippen molar-refractivity contribution in [3.63, 3.8) is 0 Å². The second-order valence-corrected chi connectivity index (χ2v) is 20.4. The molecule has 0 aliphatic rings. The van der Waals surface area contributed by atoms with Crippen LogP contribution in [0.5, 0.6) is 0 Å². The highest BCUT2D eigenvalue weighted by Gasteiger charge is 2.28. The van der Waals surface area contributed by atoms with Crippen LogP contribution in [0.15, 0.2) is 72.9 Å². The molecule has 0 fully saturated rings. The van der Waals surface area contributed by atoms with Crippen LogP contribution < -0.4 is 0 Å². The maximum absolute atomic E-state index is 12.7. The van der Waals surface area contributed by atoms with Gasteiger partial charge in [-0.1, -0.05) is 209 Å². The van der Waals surface area contributed by atoms with Crippen LogP contribution in [-0.2, 0) is 41.8 Å². The van der Waals surface area contributed by atoms with E-state index in [4.69, 9.17) is 23.8 Å². The van der Waals surface area contributed by atoms with Gasteiger partial charge in [0.15, 0.2) is 6.10 Å². The fourth-order valence-electron chi connectivity index (χ4n) is 6.76. The van der Waals surface area contributed by atoms with Crippen molar-refractivity contribution in [2.24, 2.45) is 5.92 Å². The minimum Gasteiger partial charge on any atom is -0.462 e. The molecule has 0 bridgehead atoms. The molecular formula is C52H92O14P2. The molecule has 5 N–H and O–H groups in total. The zero-order valence-electron chi connectivity index (χ0n) is 42.0. The predicted molar refractivity (Wildman–Crippen MR) is 273 cm³/mol. The average Bonchev–Trinajstić information content (AvgIpc) is 3.29. The number of rotatable bonds is 47. The Bertz CT molecular complexity index is 1500. The van der Waals surface area contributed by atoms with Gasteiger partial charge < -0.3 is 34.4 Å². The lowest BCUT2D eigenvalue weighted by molar-refractivity contribution is -0.161. The highest BCUT2D eigenvalue weighted by Crippen LogP contribution is 2.44. The van der Waals surface area contributed by atoms with E-state index in [0.717, 1.165) is 57.3 Å². The fourth-order valence-corrected chi connectivity index (χ4v) is 7.92. The summed E-state index contributed by atoms with van der Waals surface area (Å²) in [6.45, 7) is 3.75. The molecule has 0 radical (unpaired) electrons. The average molecular weight is 1000 g/mol. The number of hydrogen-bond acceptors (Lipinski definition) is 11. The summed E-state index contributed by atoms with van der Waals surface area (Å²) in [7, 11) is -9.78. The molecule has 0 saturated carbocycles. The number of allylic oxidation sites excluding steroid dienone is 11. The number of carbonyl (C=O) groups is 2. The molecule has 0 aromatic rings. The van der Waals surface area contributed by atoms with Crippen LogP contribution in [0, 0.1) is 5.92 Å². The summed E-state index contributed by atoms with van der Waals surface area (Å²) in [6, 6.07) is 0. The van der Waals surface area contributed by atoms with Crippen molar-refractivity contribution in [3.05, 3.63) is 72.9 Å². The minimum absolute atomic E-state index is 0.0165. The maximum Gasteiger partial charge on any atom is 0.472 e. The SMILES string of the molecule is CC/C=C\C/C=C\C/C=C\C/C=C\C/C=C\C=C/C(O)CCC(=O)O[C@H](COC(=O)CCCCCCCCCCCCCCCCCCCCC(C)C)COP(=O)(O)OC[C@@H](O)COP(=O)(O)O. The van der Waals surface area contributed by atoms with Gasteiger partial charge in [-0.3, -0.25) is 23.2 Å². The minimum atomic E-state index is -4.90. The van der Waals surface area contributed by atoms with Crippen molar-refractivity contribution in [1.29, 1.82) is 0 Å². The highest BCUT2D eigenvalue weighted by atomic mass is 31.2. The van der Waals surface area contributed by atoms with Crippen LogP contribution >= 0.6 is 15.6 Å². The maximum atomic E-state index is 12.7. The number of phosphoric ester groups is 2. The Hall–Kier alpha value is -2.48. The second kappa shape index (κ2) is 45.6. The Morgan fingerprint density at radius 3 is 1.43 bits per heavy atom. The molecule has 14 nitrogen and oxygen atoms in total. The lowest BCUT2D eigenvalue weighted by atomic mass is 10.0. The quantitative estimate of drug-likeness (QED) is 0.0126. The Kier molecular flexibility index (Phi) is 44.0. The van der Waals surface area contributed by atoms with Gasteiger partial charge in [0.25, 0.3) is 0 Å². The first-order valence-electron chi connectivity index (χ1n) is 25.6.